The normalized spacial score (nSPS) is 21.2. The van der Waals surface area contributed by atoms with Crippen molar-refractivity contribution in [3.63, 3.8) is 0 Å². The highest BCUT2D eigenvalue weighted by Crippen LogP contribution is 2.28. The zero-order chi connectivity index (χ0) is 15.5. The van der Waals surface area contributed by atoms with E-state index >= 15 is 0 Å². The van der Waals surface area contributed by atoms with Crippen LogP contribution in [0.2, 0.25) is 0 Å². The first-order valence-electron chi connectivity index (χ1n) is 6.49. The Balaban J connectivity index is 1.96. The van der Waals surface area contributed by atoms with Crippen LogP contribution in [0.4, 0.5) is 8.78 Å². The van der Waals surface area contributed by atoms with Crippen molar-refractivity contribution in [2.75, 3.05) is 11.5 Å². The molecule has 0 saturated carbocycles. The summed E-state index contributed by atoms with van der Waals surface area (Å²) in [7, 11) is 0. The molecule has 1 aliphatic rings. The maximum absolute atomic E-state index is 13.4. The van der Waals surface area contributed by atoms with E-state index in [0.29, 0.717) is 17.9 Å². The van der Waals surface area contributed by atoms with Crippen molar-refractivity contribution in [3.8, 4) is 0 Å². The van der Waals surface area contributed by atoms with E-state index in [4.69, 9.17) is 0 Å². The van der Waals surface area contributed by atoms with Crippen molar-refractivity contribution in [1.82, 2.24) is 5.32 Å². The van der Waals surface area contributed by atoms with E-state index in [0.717, 1.165) is 18.2 Å². The summed E-state index contributed by atoms with van der Waals surface area (Å²) in [6.07, 6.45) is 0.311. The third-order valence-corrected chi connectivity index (χ3v) is 4.63. The van der Waals surface area contributed by atoms with Crippen molar-refractivity contribution in [1.29, 1.82) is 0 Å². The number of amides is 1. The molecular formula is C14H15F2NO3S. The van der Waals surface area contributed by atoms with Crippen molar-refractivity contribution < 1.29 is 23.5 Å². The summed E-state index contributed by atoms with van der Waals surface area (Å²) in [5.74, 6) is -1.68. The standard InChI is InChI=1S/C14H15F2NO3S/c15-10-2-3-11(16)9(7-10)1-4-12(18)17-14(13(19)20)5-6-21-8-14/h2-3,7H,1,4-6,8H2,(H,17,18)(H,19,20). The molecule has 1 aromatic rings. The van der Waals surface area contributed by atoms with Crippen LogP contribution in [-0.4, -0.2) is 34.0 Å². The van der Waals surface area contributed by atoms with E-state index in [1.165, 1.54) is 11.8 Å². The maximum Gasteiger partial charge on any atom is 0.330 e. The lowest BCUT2D eigenvalue weighted by Crippen LogP contribution is -2.54. The highest BCUT2D eigenvalue weighted by Gasteiger charge is 2.43. The Morgan fingerprint density at radius 2 is 2.14 bits per heavy atom. The van der Waals surface area contributed by atoms with Crippen molar-refractivity contribution >= 4 is 23.6 Å². The second-order valence-corrected chi connectivity index (χ2v) is 6.08. The van der Waals surface area contributed by atoms with Gasteiger partial charge in [-0.3, -0.25) is 4.79 Å². The predicted octanol–water partition coefficient (Wildman–Crippen LogP) is 1.97. The Labute approximate surface area is 124 Å². The lowest BCUT2D eigenvalue weighted by Gasteiger charge is -2.24. The number of carbonyl (C=O) groups excluding carboxylic acids is 1. The number of aliphatic carboxylic acids is 1. The molecule has 1 aliphatic heterocycles. The van der Waals surface area contributed by atoms with E-state index in [2.05, 4.69) is 5.32 Å². The third-order valence-electron chi connectivity index (χ3n) is 3.44. The molecule has 1 amide bonds. The SMILES string of the molecule is O=C(CCc1cc(F)ccc1F)NC1(C(=O)O)CCSC1. The molecule has 114 valence electrons. The number of benzene rings is 1. The molecule has 7 heteroatoms. The summed E-state index contributed by atoms with van der Waals surface area (Å²) in [5.41, 5.74) is -1.13. The first kappa shape index (κ1) is 15.8. The van der Waals surface area contributed by atoms with Gasteiger partial charge in [-0.1, -0.05) is 0 Å². The topological polar surface area (TPSA) is 66.4 Å². The number of hydrogen-bond acceptors (Lipinski definition) is 3. The molecule has 4 nitrogen and oxygen atoms in total. The second kappa shape index (κ2) is 6.43. The van der Waals surface area contributed by atoms with Crippen LogP contribution in [0.3, 0.4) is 0 Å². The quantitative estimate of drug-likeness (QED) is 0.872. The Hall–Kier alpha value is -1.63. The Kier molecular flexibility index (Phi) is 4.82. The van der Waals surface area contributed by atoms with Crippen molar-refractivity contribution in [3.05, 3.63) is 35.4 Å². The number of aryl methyl sites for hydroxylation is 1. The minimum Gasteiger partial charge on any atom is -0.479 e. The predicted molar refractivity (Wildman–Crippen MR) is 75.1 cm³/mol. The second-order valence-electron chi connectivity index (χ2n) is 4.97. The lowest BCUT2D eigenvalue weighted by atomic mass is 9.98. The van der Waals surface area contributed by atoms with Gasteiger partial charge in [-0.15, -0.1) is 0 Å². The van der Waals surface area contributed by atoms with Gasteiger partial charge in [0.1, 0.15) is 17.2 Å². The Morgan fingerprint density at radius 1 is 1.38 bits per heavy atom. The summed E-state index contributed by atoms with van der Waals surface area (Å²) in [6, 6.07) is 3.06. The molecular weight excluding hydrogens is 300 g/mol. The number of hydrogen-bond donors (Lipinski definition) is 2. The molecule has 0 bridgehead atoms. The molecule has 0 spiro atoms. The van der Waals surface area contributed by atoms with Gasteiger partial charge in [0.25, 0.3) is 0 Å². The van der Waals surface area contributed by atoms with Gasteiger partial charge in [-0.05, 0) is 42.4 Å². The van der Waals surface area contributed by atoms with Gasteiger partial charge in [0.05, 0.1) is 0 Å². The van der Waals surface area contributed by atoms with E-state index in [-0.39, 0.29) is 18.4 Å². The fourth-order valence-electron chi connectivity index (χ4n) is 2.20. The molecule has 1 unspecified atom stereocenters. The fourth-order valence-corrected chi connectivity index (χ4v) is 3.52. The highest BCUT2D eigenvalue weighted by molar-refractivity contribution is 7.99. The molecule has 0 aromatic heterocycles. The number of carbonyl (C=O) groups is 2. The zero-order valence-corrected chi connectivity index (χ0v) is 12.0. The first-order valence-corrected chi connectivity index (χ1v) is 7.64. The summed E-state index contributed by atoms with van der Waals surface area (Å²) in [6.45, 7) is 0. The third kappa shape index (κ3) is 3.72. The number of halogens is 2. The molecule has 0 radical (unpaired) electrons. The van der Waals surface area contributed by atoms with E-state index in [1.807, 2.05) is 0 Å². The maximum atomic E-state index is 13.4. The van der Waals surface area contributed by atoms with E-state index < -0.39 is 29.0 Å². The minimum atomic E-state index is -1.23. The average molecular weight is 315 g/mol. The van der Waals surface area contributed by atoms with Crippen LogP contribution in [0, 0.1) is 11.6 Å². The molecule has 1 atom stereocenters. The van der Waals surface area contributed by atoms with Gasteiger partial charge in [0.15, 0.2) is 0 Å². The average Bonchev–Trinajstić information content (AvgIpc) is 2.89. The summed E-state index contributed by atoms with van der Waals surface area (Å²) in [4.78, 5) is 23.2. The van der Waals surface area contributed by atoms with Crippen LogP contribution in [0.15, 0.2) is 18.2 Å². The van der Waals surface area contributed by atoms with Gasteiger partial charge in [-0.2, -0.15) is 11.8 Å². The molecule has 1 aromatic carbocycles. The van der Waals surface area contributed by atoms with Crippen LogP contribution in [-0.2, 0) is 16.0 Å². The monoisotopic (exact) mass is 315 g/mol. The van der Waals surface area contributed by atoms with Gasteiger partial charge in [0.2, 0.25) is 5.91 Å². The minimum absolute atomic E-state index is 0.0261. The van der Waals surface area contributed by atoms with Crippen LogP contribution in [0.25, 0.3) is 0 Å². The van der Waals surface area contributed by atoms with Crippen LogP contribution in [0.5, 0.6) is 0 Å². The number of carboxylic acids is 1. The number of nitrogens with one attached hydrogen (secondary N) is 1. The number of rotatable bonds is 5. The first-order chi connectivity index (χ1) is 9.93. The smallest absolute Gasteiger partial charge is 0.330 e. The van der Waals surface area contributed by atoms with Crippen molar-refractivity contribution in [2.45, 2.75) is 24.8 Å². The summed E-state index contributed by atoms with van der Waals surface area (Å²) in [5, 5.41) is 11.8. The van der Waals surface area contributed by atoms with E-state index in [1.54, 1.807) is 0 Å². The van der Waals surface area contributed by atoms with Crippen molar-refractivity contribution in [2.24, 2.45) is 0 Å². The number of thioether (sulfide) groups is 1. The zero-order valence-electron chi connectivity index (χ0n) is 11.2. The lowest BCUT2D eigenvalue weighted by molar-refractivity contribution is -0.146. The van der Waals surface area contributed by atoms with Gasteiger partial charge >= 0.3 is 5.97 Å². The van der Waals surface area contributed by atoms with Gasteiger partial charge in [-0.25, -0.2) is 13.6 Å². The fraction of sp³-hybridized carbons (Fsp3) is 0.429. The largest absolute Gasteiger partial charge is 0.479 e. The summed E-state index contributed by atoms with van der Waals surface area (Å²) < 4.78 is 26.5. The Morgan fingerprint density at radius 3 is 2.76 bits per heavy atom. The van der Waals surface area contributed by atoms with Gasteiger partial charge < -0.3 is 10.4 Å². The Bertz CT molecular complexity index is 559. The molecule has 1 saturated heterocycles. The molecule has 2 N–H and O–H groups in total. The van der Waals surface area contributed by atoms with E-state index in [9.17, 15) is 23.5 Å². The molecule has 21 heavy (non-hydrogen) atoms. The molecule has 1 fully saturated rings. The number of carboxylic acid groups (broad SMARTS) is 1. The molecule has 1 heterocycles. The van der Waals surface area contributed by atoms with Crippen LogP contribution in [0.1, 0.15) is 18.4 Å². The van der Waals surface area contributed by atoms with Crippen LogP contribution < -0.4 is 5.32 Å². The summed E-state index contributed by atoms with van der Waals surface area (Å²) >= 11 is 1.47. The van der Waals surface area contributed by atoms with Crippen LogP contribution >= 0.6 is 11.8 Å². The van der Waals surface area contributed by atoms with Gasteiger partial charge in [0, 0.05) is 12.2 Å². The molecule has 2 rings (SSSR count). The molecule has 0 aliphatic carbocycles. The highest BCUT2D eigenvalue weighted by atomic mass is 32.2.